The first-order chi connectivity index (χ1) is 11.2. The van der Waals surface area contributed by atoms with E-state index in [9.17, 15) is 24.9 Å². The number of hydrogen-bond donors (Lipinski definition) is 3. The fraction of sp³-hybridized carbons (Fsp3) is 0.875. The third-order valence-electron chi connectivity index (χ3n) is 3.91. The van der Waals surface area contributed by atoms with E-state index in [4.69, 9.17) is 14.2 Å². The Morgan fingerprint density at radius 1 is 1.12 bits per heavy atom. The number of ether oxygens (including phenoxy) is 3. The number of hydrogen-bond acceptors (Lipinski definition) is 8. The van der Waals surface area contributed by atoms with Crippen LogP contribution in [0.4, 0.5) is 0 Å². The quantitative estimate of drug-likeness (QED) is 0.548. The third kappa shape index (κ3) is 5.41. The lowest BCUT2D eigenvalue weighted by Gasteiger charge is -2.41. The summed E-state index contributed by atoms with van der Waals surface area (Å²) in [5, 5.41) is 29.4. The summed E-state index contributed by atoms with van der Waals surface area (Å²) < 4.78 is 15.7. The van der Waals surface area contributed by atoms with Crippen molar-refractivity contribution in [3.8, 4) is 0 Å². The Morgan fingerprint density at radius 3 is 2.25 bits per heavy atom. The van der Waals surface area contributed by atoms with Gasteiger partial charge in [0, 0.05) is 6.42 Å². The molecule has 24 heavy (non-hydrogen) atoms. The van der Waals surface area contributed by atoms with Crippen LogP contribution < -0.4 is 0 Å². The van der Waals surface area contributed by atoms with Crippen LogP contribution in [0.5, 0.6) is 0 Å². The first-order valence-corrected chi connectivity index (χ1v) is 8.23. The molecule has 6 atom stereocenters. The summed E-state index contributed by atoms with van der Waals surface area (Å²) in [5.74, 6) is -1.55. The molecular weight excluding hydrogens is 320 g/mol. The molecule has 1 aliphatic rings. The zero-order valence-electron chi connectivity index (χ0n) is 14.5. The van der Waals surface area contributed by atoms with Crippen molar-refractivity contribution in [3.05, 3.63) is 0 Å². The normalized spacial score (nSPS) is 31.6. The average Bonchev–Trinajstić information content (AvgIpc) is 2.52. The second-order valence-electron chi connectivity index (χ2n) is 6.51. The van der Waals surface area contributed by atoms with E-state index < -0.39 is 55.2 Å². The number of carbonyl (C=O) groups is 2. The minimum Gasteiger partial charge on any atom is -0.453 e. The van der Waals surface area contributed by atoms with Gasteiger partial charge in [0.1, 0.15) is 18.3 Å². The fourth-order valence-corrected chi connectivity index (χ4v) is 2.20. The Morgan fingerprint density at radius 2 is 1.75 bits per heavy atom. The number of carbonyl (C=O) groups excluding carboxylic acids is 2. The van der Waals surface area contributed by atoms with Gasteiger partial charge in [0.15, 0.2) is 6.10 Å². The minimum absolute atomic E-state index is 0.0476. The summed E-state index contributed by atoms with van der Waals surface area (Å²) in [4.78, 5) is 23.9. The SMILES string of the molecule is CCC(C)C(=O)O[C@H]1[C@H](OC(=O)CC(C)C)O[C@H](CO)[C@@H](O)[C@@H]1O. The van der Waals surface area contributed by atoms with E-state index in [1.165, 1.54) is 0 Å². The van der Waals surface area contributed by atoms with E-state index in [0.717, 1.165) is 0 Å². The molecule has 0 aromatic carbocycles. The van der Waals surface area contributed by atoms with Gasteiger partial charge in [0.25, 0.3) is 0 Å². The van der Waals surface area contributed by atoms with Gasteiger partial charge >= 0.3 is 11.9 Å². The summed E-state index contributed by atoms with van der Waals surface area (Å²) in [6, 6.07) is 0. The molecule has 0 saturated carbocycles. The van der Waals surface area contributed by atoms with E-state index in [0.29, 0.717) is 6.42 Å². The molecule has 1 heterocycles. The van der Waals surface area contributed by atoms with E-state index in [-0.39, 0.29) is 12.3 Å². The average molecular weight is 348 g/mol. The predicted octanol–water partition coefficient (Wildman–Crippen LogP) is -0.0274. The van der Waals surface area contributed by atoms with Crippen molar-refractivity contribution >= 4 is 11.9 Å². The maximum atomic E-state index is 12.0. The standard InChI is InChI=1S/C16H28O8/c1-5-9(4)15(21)24-14-13(20)12(19)10(7-17)22-16(14)23-11(18)6-8(2)3/h8-10,12-14,16-17,19-20H,5-7H2,1-4H3/t9?,10-,12-,13+,14-,16+/m1/s1. The van der Waals surface area contributed by atoms with E-state index >= 15 is 0 Å². The largest absolute Gasteiger partial charge is 0.453 e. The molecule has 1 rings (SSSR count). The molecule has 0 aromatic heterocycles. The van der Waals surface area contributed by atoms with Crippen molar-refractivity contribution in [2.45, 2.75) is 71.2 Å². The molecule has 1 fully saturated rings. The number of aliphatic hydroxyl groups excluding tert-OH is 3. The molecule has 0 bridgehead atoms. The molecule has 0 aromatic rings. The molecule has 1 unspecified atom stereocenters. The Hall–Kier alpha value is -1.22. The summed E-state index contributed by atoms with van der Waals surface area (Å²) in [6.45, 7) is 6.54. The van der Waals surface area contributed by atoms with Gasteiger partial charge in [-0.05, 0) is 12.3 Å². The van der Waals surface area contributed by atoms with E-state index in [1.807, 2.05) is 13.8 Å². The van der Waals surface area contributed by atoms with Crippen LogP contribution in [0.2, 0.25) is 0 Å². The monoisotopic (exact) mass is 348 g/mol. The Bertz CT molecular complexity index is 424. The van der Waals surface area contributed by atoms with Gasteiger partial charge in [-0.15, -0.1) is 0 Å². The highest BCUT2D eigenvalue weighted by molar-refractivity contribution is 5.72. The van der Waals surface area contributed by atoms with Gasteiger partial charge in [-0.2, -0.15) is 0 Å². The lowest BCUT2D eigenvalue weighted by atomic mass is 9.98. The number of rotatable bonds is 7. The van der Waals surface area contributed by atoms with Crippen LogP contribution in [0, 0.1) is 11.8 Å². The Kier molecular flexibility index (Phi) is 8.08. The van der Waals surface area contributed by atoms with Gasteiger partial charge in [0.05, 0.1) is 12.5 Å². The molecule has 3 N–H and O–H groups in total. The molecule has 0 aliphatic carbocycles. The van der Waals surface area contributed by atoms with Crippen LogP contribution in [0.3, 0.4) is 0 Å². The zero-order valence-corrected chi connectivity index (χ0v) is 14.5. The van der Waals surface area contributed by atoms with Crippen molar-refractivity contribution in [3.63, 3.8) is 0 Å². The highest BCUT2D eigenvalue weighted by atomic mass is 16.7. The highest BCUT2D eigenvalue weighted by Gasteiger charge is 2.48. The zero-order chi connectivity index (χ0) is 18.4. The predicted molar refractivity (Wildman–Crippen MR) is 82.6 cm³/mol. The highest BCUT2D eigenvalue weighted by Crippen LogP contribution is 2.26. The van der Waals surface area contributed by atoms with Crippen molar-refractivity contribution in [1.82, 2.24) is 0 Å². The maximum absolute atomic E-state index is 12.0. The van der Waals surface area contributed by atoms with Crippen molar-refractivity contribution in [2.75, 3.05) is 6.61 Å². The molecule has 1 saturated heterocycles. The van der Waals surface area contributed by atoms with E-state index in [1.54, 1.807) is 13.8 Å². The maximum Gasteiger partial charge on any atom is 0.309 e. The molecule has 1 aliphatic heterocycles. The van der Waals surface area contributed by atoms with Crippen molar-refractivity contribution < 1.29 is 39.1 Å². The van der Waals surface area contributed by atoms with Gasteiger partial charge in [-0.25, -0.2) is 0 Å². The molecule has 0 amide bonds. The van der Waals surface area contributed by atoms with Crippen LogP contribution in [0.15, 0.2) is 0 Å². The summed E-state index contributed by atoms with van der Waals surface area (Å²) in [5.41, 5.74) is 0. The van der Waals surface area contributed by atoms with Gasteiger partial charge in [-0.3, -0.25) is 9.59 Å². The molecular formula is C16H28O8. The van der Waals surface area contributed by atoms with Crippen LogP contribution in [0.1, 0.15) is 40.5 Å². The van der Waals surface area contributed by atoms with Gasteiger partial charge in [0.2, 0.25) is 6.29 Å². The summed E-state index contributed by atoms with van der Waals surface area (Å²) >= 11 is 0. The second-order valence-corrected chi connectivity index (χ2v) is 6.51. The third-order valence-corrected chi connectivity index (χ3v) is 3.91. The first kappa shape index (κ1) is 20.8. The summed E-state index contributed by atoms with van der Waals surface area (Å²) in [7, 11) is 0. The number of esters is 2. The molecule has 0 radical (unpaired) electrons. The van der Waals surface area contributed by atoms with Crippen molar-refractivity contribution in [2.24, 2.45) is 11.8 Å². The summed E-state index contributed by atoms with van der Waals surface area (Å²) in [6.07, 6.45) is -6.25. The number of aliphatic hydroxyl groups is 3. The molecule has 8 nitrogen and oxygen atoms in total. The van der Waals surface area contributed by atoms with Gasteiger partial charge in [-0.1, -0.05) is 27.7 Å². The van der Waals surface area contributed by atoms with Crippen LogP contribution >= 0.6 is 0 Å². The molecule has 0 spiro atoms. The Labute approximate surface area is 141 Å². The molecule has 8 heteroatoms. The lowest BCUT2D eigenvalue weighted by molar-refractivity contribution is -0.297. The topological polar surface area (TPSA) is 123 Å². The second kappa shape index (κ2) is 9.31. The Balaban J connectivity index is 2.89. The van der Waals surface area contributed by atoms with E-state index in [2.05, 4.69) is 0 Å². The smallest absolute Gasteiger partial charge is 0.309 e. The van der Waals surface area contributed by atoms with Crippen LogP contribution in [-0.2, 0) is 23.8 Å². The van der Waals surface area contributed by atoms with Gasteiger partial charge < -0.3 is 29.5 Å². The minimum atomic E-state index is -1.54. The molecule has 140 valence electrons. The lowest BCUT2D eigenvalue weighted by Crippen LogP contribution is -2.61. The van der Waals surface area contributed by atoms with Crippen LogP contribution in [0.25, 0.3) is 0 Å². The first-order valence-electron chi connectivity index (χ1n) is 8.23. The van der Waals surface area contributed by atoms with Crippen LogP contribution in [-0.4, -0.2) is 64.6 Å². The van der Waals surface area contributed by atoms with Crippen molar-refractivity contribution in [1.29, 1.82) is 0 Å². The fourth-order valence-electron chi connectivity index (χ4n) is 2.20.